The number of hydrazine groups is 1. The number of nitrogens with zero attached hydrogens (tertiary/aromatic N) is 5. The number of halogens is 4. The predicted octanol–water partition coefficient (Wildman–Crippen LogP) is 2.17. The fourth-order valence-corrected chi connectivity index (χ4v) is 2.38. The molecule has 22 heavy (non-hydrogen) atoms. The molecule has 0 atom stereocenters. The molecule has 0 unspecified atom stereocenters. The second kappa shape index (κ2) is 5.11. The molecular formula is C12H8ClF3N6. The van der Waals surface area contributed by atoms with Crippen molar-refractivity contribution in [1.29, 1.82) is 0 Å². The summed E-state index contributed by atoms with van der Waals surface area (Å²) in [5.74, 6) is 2.55. The second-order valence-corrected chi connectivity index (χ2v) is 4.79. The molecule has 0 fully saturated rings. The summed E-state index contributed by atoms with van der Waals surface area (Å²) in [6.45, 7) is 0. The van der Waals surface area contributed by atoms with E-state index in [1.165, 1.54) is 17.9 Å². The summed E-state index contributed by atoms with van der Waals surface area (Å²) in [6.07, 6.45) is 1.19. The number of hydrogen-bond donors (Lipinski definition) is 1. The quantitative estimate of drug-likeness (QED) is 0.443. The van der Waals surface area contributed by atoms with Crippen molar-refractivity contribution in [3.63, 3.8) is 0 Å². The lowest BCUT2D eigenvalue weighted by Gasteiger charge is -2.19. The van der Waals surface area contributed by atoms with E-state index in [1.54, 1.807) is 0 Å². The molecule has 0 amide bonds. The van der Waals surface area contributed by atoms with Crippen LogP contribution in [0.5, 0.6) is 0 Å². The normalized spacial score (nSPS) is 11.2. The van der Waals surface area contributed by atoms with Gasteiger partial charge in [-0.05, 0) is 0 Å². The number of nitrogens with two attached hydrogens (primary N) is 1. The van der Waals surface area contributed by atoms with Gasteiger partial charge in [0.15, 0.2) is 5.82 Å². The Labute approximate surface area is 126 Å². The first-order valence-electron chi connectivity index (χ1n) is 5.92. The third-order valence-electron chi connectivity index (χ3n) is 2.95. The molecule has 2 heterocycles. The van der Waals surface area contributed by atoms with Crippen LogP contribution in [0.1, 0.15) is 0 Å². The smallest absolute Gasteiger partial charge is 0.255 e. The van der Waals surface area contributed by atoms with Crippen molar-refractivity contribution < 1.29 is 13.2 Å². The number of fused-ring (bicyclic) bond motifs is 1. The Morgan fingerprint density at radius 3 is 2.41 bits per heavy atom. The van der Waals surface area contributed by atoms with Crippen molar-refractivity contribution >= 4 is 23.2 Å². The summed E-state index contributed by atoms with van der Waals surface area (Å²) in [5.41, 5.74) is -0.705. The van der Waals surface area contributed by atoms with Crippen LogP contribution >= 0.6 is 11.6 Å². The number of hydrogen-bond acceptors (Lipinski definition) is 5. The number of aromatic nitrogens is 4. The van der Waals surface area contributed by atoms with Crippen molar-refractivity contribution in [3.05, 3.63) is 41.1 Å². The van der Waals surface area contributed by atoms with Crippen molar-refractivity contribution in [2.24, 2.45) is 5.84 Å². The Kier molecular flexibility index (Phi) is 3.38. The maximum absolute atomic E-state index is 14.1. The molecule has 114 valence electrons. The average Bonchev–Trinajstić information content (AvgIpc) is 2.84. The maximum atomic E-state index is 14.1. The first-order valence-corrected chi connectivity index (χ1v) is 6.30. The molecule has 3 aromatic rings. The Morgan fingerprint density at radius 1 is 1.18 bits per heavy atom. The molecule has 10 heteroatoms. The number of rotatable bonds is 2. The standard InChI is InChI=1S/C12H8ClF3N6/c1-21(17)11-9(8-6(15)2-5(14)3-7(8)16)10(13)20-12-18-4-19-22(11)12/h2-4H,17H2,1H3. The van der Waals surface area contributed by atoms with Gasteiger partial charge in [0.25, 0.3) is 5.78 Å². The summed E-state index contributed by atoms with van der Waals surface area (Å²) in [6, 6.07) is 1.08. The zero-order valence-electron chi connectivity index (χ0n) is 11.1. The first-order chi connectivity index (χ1) is 10.4. The van der Waals surface area contributed by atoms with Gasteiger partial charge in [0, 0.05) is 19.2 Å². The van der Waals surface area contributed by atoms with Crippen LogP contribution in [0, 0.1) is 17.5 Å². The zero-order valence-corrected chi connectivity index (χ0v) is 11.8. The van der Waals surface area contributed by atoms with E-state index in [0.717, 1.165) is 5.01 Å². The van der Waals surface area contributed by atoms with Crippen LogP contribution in [0.25, 0.3) is 16.9 Å². The summed E-state index contributed by atoms with van der Waals surface area (Å²) >= 11 is 6.03. The Morgan fingerprint density at radius 2 is 1.82 bits per heavy atom. The zero-order chi connectivity index (χ0) is 16.0. The largest absolute Gasteiger partial charge is 0.297 e. The SMILES string of the molecule is CN(N)c1c(-c2c(F)cc(F)cc2F)c(Cl)nc2ncnn12. The van der Waals surface area contributed by atoms with E-state index >= 15 is 0 Å². The van der Waals surface area contributed by atoms with Crippen LogP contribution in [-0.4, -0.2) is 26.6 Å². The molecule has 0 saturated carbocycles. The minimum absolute atomic E-state index is 0.0527. The molecule has 1 aromatic carbocycles. The minimum Gasteiger partial charge on any atom is -0.297 e. The van der Waals surface area contributed by atoms with Gasteiger partial charge < -0.3 is 0 Å². The van der Waals surface area contributed by atoms with Crippen molar-refractivity contribution in [2.75, 3.05) is 12.1 Å². The molecule has 0 saturated heterocycles. The van der Waals surface area contributed by atoms with E-state index in [1.807, 2.05) is 0 Å². The minimum atomic E-state index is -1.14. The lowest BCUT2D eigenvalue weighted by Crippen LogP contribution is -2.29. The van der Waals surface area contributed by atoms with Crippen LogP contribution in [0.4, 0.5) is 19.0 Å². The lowest BCUT2D eigenvalue weighted by molar-refractivity contribution is 0.547. The van der Waals surface area contributed by atoms with Crippen LogP contribution in [0.3, 0.4) is 0 Å². The molecular weight excluding hydrogens is 321 g/mol. The summed E-state index contributed by atoms with van der Waals surface area (Å²) < 4.78 is 42.4. The van der Waals surface area contributed by atoms with Gasteiger partial charge in [0.1, 0.15) is 28.9 Å². The highest BCUT2D eigenvalue weighted by atomic mass is 35.5. The monoisotopic (exact) mass is 328 g/mol. The first kappa shape index (κ1) is 14.5. The third kappa shape index (κ3) is 2.14. The molecule has 6 nitrogen and oxygen atoms in total. The molecule has 0 aliphatic rings. The van der Waals surface area contributed by atoms with Crippen molar-refractivity contribution in [1.82, 2.24) is 19.6 Å². The molecule has 2 aromatic heterocycles. The maximum Gasteiger partial charge on any atom is 0.255 e. The predicted molar refractivity (Wildman–Crippen MR) is 73.7 cm³/mol. The van der Waals surface area contributed by atoms with Gasteiger partial charge in [-0.1, -0.05) is 11.6 Å². The van der Waals surface area contributed by atoms with Gasteiger partial charge in [0.2, 0.25) is 0 Å². The molecule has 0 aliphatic heterocycles. The van der Waals surface area contributed by atoms with Gasteiger partial charge >= 0.3 is 0 Å². The molecule has 0 bridgehead atoms. The third-order valence-corrected chi connectivity index (χ3v) is 3.22. The molecule has 0 aliphatic carbocycles. The molecule has 3 rings (SSSR count). The van der Waals surface area contributed by atoms with Gasteiger partial charge in [-0.2, -0.15) is 19.6 Å². The lowest BCUT2D eigenvalue weighted by atomic mass is 10.1. The van der Waals surface area contributed by atoms with E-state index in [0.29, 0.717) is 12.1 Å². The highest BCUT2D eigenvalue weighted by Gasteiger charge is 2.25. The molecule has 0 spiro atoms. The summed E-state index contributed by atoms with van der Waals surface area (Å²) in [7, 11) is 1.43. The number of benzene rings is 1. The van der Waals surface area contributed by atoms with E-state index < -0.39 is 23.0 Å². The van der Waals surface area contributed by atoms with Crippen LogP contribution < -0.4 is 10.9 Å². The number of anilines is 1. The topological polar surface area (TPSA) is 72.3 Å². The van der Waals surface area contributed by atoms with Gasteiger partial charge in [-0.15, -0.1) is 0 Å². The highest BCUT2D eigenvalue weighted by Crippen LogP contribution is 2.38. The van der Waals surface area contributed by atoms with E-state index in [4.69, 9.17) is 17.4 Å². The van der Waals surface area contributed by atoms with Crippen molar-refractivity contribution in [2.45, 2.75) is 0 Å². The van der Waals surface area contributed by atoms with Crippen LogP contribution in [0.15, 0.2) is 18.5 Å². The van der Waals surface area contributed by atoms with E-state index in [2.05, 4.69) is 15.1 Å². The van der Waals surface area contributed by atoms with Gasteiger partial charge in [0.05, 0.1) is 11.1 Å². The second-order valence-electron chi connectivity index (χ2n) is 4.43. The van der Waals surface area contributed by atoms with Crippen LogP contribution in [-0.2, 0) is 0 Å². The van der Waals surface area contributed by atoms with Crippen LogP contribution in [0.2, 0.25) is 5.15 Å². The van der Waals surface area contributed by atoms with E-state index in [-0.39, 0.29) is 22.3 Å². The highest BCUT2D eigenvalue weighted by molar-refractivity contribution is 6.33. The Bertz CT molecular complexity index is 856. The Hall–Kier alpha value is -2.39. The molecule has 0 radical (unpaired) electrons. The fourth-order valence-electron chi connectivity index (χ4n) is 2.12. The fraction of sp³-hybridized carbons (Fsp3) is 0.0833. The van der Waals surface area contributed by atoms with E-state index in [9.17, 15) is 13.2 Å². The van der Waals surface area contributed by atoms with Gasteiger partial charge in [-0.3, -0.25) is 5.01 Å². The molecule has 2 N–H and O–H groups in total. The average molecular weight is 329 g/mol. The Balaban J connectivity index is 2.45. The van der Waals surface area contributed by atoms with Gasteiger partial charge in [-0.25, -0.2) is 19.0 Å². The van der Waals surface area contributed by atoms with Crippen molar-refractivity contribution in [3.8, 4) is 11.1 Å². The summed E-state index contributed by atoms with van der Waals surface area (Å²) in [4.78, 5) is 7.75. The summed E-state index contributed by atoms with van der Waals surface area (Å²) in [5, 5.41) is 4.71.